The average molecular weight is 456 g/mol. The zero-order valence-corrected chi connectivity index (χ0v) is 19.7. The van der Waals surface area contributed by atoms with Gasteiger partial charge in [0.2, 0.25) is 0 Å². The third-order valence-corrected chi connectivity index (χ3v) is 6.74. The Bertz CT molecular complexity index is 1620. The number of aromatic nitrogens is 2. The van der Waals surface area contributed by atoms with Crippen LogP contribution >= 0.6 is 0 Å². The first kappa shape index (κ1) is 21.1. The molecule has 0 saturated carbocycles. The molecular weight excluding hydrogens is 430 g/mol. The number of nitrogens with zero attached hydrogens (tertiary/aromatic N) is 3. The number of benzene rings is 3. The third-order valence-electron chi connectivity index (χ3n) is 6.74. The monoisotopic (exact) mass is 455 g/mol. The Morgan fingerprint density at radius 1 is 0.800 bits per heavy atom. The fourth-order valence-electron chi connectivity index (χ4n) is 4.96. The van der Waals surface area contributed by atoms with Crippen LogP contribution in [0.25, 0.3) is 33.8 Å². The van der Waals surface area contributed by atoms with Gasteiger partial charge in [-0.05, 0) is 36.8 Å². The first-order valence-corrected chi connectivity index (χ1v) is 11.8. The van der Waals surface area contributed by atoms with E-state index in [1.54, 1.807) is 0 Å². The molecule has 0 saturated heterocycles. The van der Waals surface area contributed by atoms with Crippen molar-refractivity contribution in [3.05, 3.63) is 120 Å². The third kappa shape index (κ3) is 3.64. The quantitative estimate of drug-likeness (QED) is 0.275. The lowest BCUT2D eigenvalue weighted by Crippen LogP contribution is -2.08. The number of aliphatic imine (C=N–C) groups is 1. The van der Waals surface area contributed by atoms with Crippen molar-refractivity contribution in [1.82, 2.24) is 9.13 Å². The number of fused-ring (bicyclic) bond motifs is 1. The summed E-state index contributed by atoms with van der Waals surface area (Å²) in [6.45, 7) is 1.93. The molecule has 4 heteroatoms. The summed E-state index contributed by atoms with van der Waals surface area (Å²) >= 11 is 0. The van der Waals surface area contributed by atoms with Crippen molar-refractivity contribution in [2.45, 2.75) is 13.0 Å². The maximum absolute atomic E-state index is 13.5. The molecule has 1 aliphatic rings. The lowest BCUT2D eigenvalue weighted by molar-refractivity contribution is -0.115. The fourth-order valence-corrected chi connectivity index (χ4v) is 4.96. The largest absolute Gasteiger partial charge is 0.350 e. The number of hydrogen-bond donors (Lipinski definition) is 0. The number of hydrogen-bond acceptors (Lipinski definition) is 2. The molecule has 35 heavy (non-hydrogen) atoms. The van der Waals surface area contributed by atoms with Crippen LogP contribution in [-0.2, 0) is 11.8 Å². The molecule has 0 N–H and O–H groups in total. The Hall–Kier alpha value is -4.44. The van der Waals surface area contributed by atoms with Gasteiger partial charge in [-0.3, -0.25) is 9.79 Å². The Morgan fingerprint density at radius 2 is 1.49 bits per heavy atom. The molecular formula is C31H25N3O. The van der Waals surface area contributed by atoms with Gasteiger partial charge in [-0.15, -0.1) is 0 Å². The molecule has 0 amide bonds. The van der Waals surface area contributed by atoms with Crippen LogP contribution in [0.15, 0.2) is 114 Å². The second-order valence-corrected chi connectivity index (χ2v) is 8.99. The molecule has 5 aromatic rings. The van der Waals surface area contributed by atoms with Crippen molar-refractivity contribution in [3.63, 3.8) is 0 Å². The second kappa shape index (κ2) is 8.41. The standard InChI is InChI=1S/C31H25N3O/c1-21-26(31(35)30(32-21)22-11-5-3-6-12-22)17-23-18-34(24-13-7-4-8-14-24)20-27(23)28-19-33(2)29-16-10-9-15-25(28)29/h3-20,30H,1-2H3. The molecule has 3 aromatic carbocycles. The van der Waals surface area contributed by atoms with Gasteiger partial charge >= 0.3 is 0 Å². The minimum atomic E-state index is -0.473. The summed E-state index contributed by atoms with van der Waals surface area (Å²) in [6.07, 6.45) is 8.45. The number of carbonyl (C=O) groups is 1. The fraction of sp³-hybridized carbons (Fsp3) is 0.0968. The highest BCUT2D eigenvalue weighted by Gasteiger charge is 2.31. The molecule has 170 valence electrons. The molecule has 2 aromatic heterocycles. The lowest BCUT2D eigenvalue weighted by atomic mass is 9.96. The maximum atomic E-state index is 13.5. The number of ketones is 1. The normalized spacial score (nSPS) is 16.9. The highest BCUT2D eigenvalue weighted by Crippen LogP contribution is 2.37. The van der Waals surface area contributed by atoms with Gasteiger partial charge in [-0.1, -0.05) is 66.7 Å². The summed E-state index contributed by atoms with van der Waals surface area (Å²) < 4.78 is 4.28. The van der Waals surface area contributed by atoms with Gasteiger partial charge in [0.25, 0.3) is 0 Å². The summed E-state index contributed by atoms with van der Waals surface area (Å²) in [5.41, 5.74) is 7.85. The van der Waals surface area contributed by atoms with Gasteiger partial charge in [0.15, 0.2) is 5.78 Å². The Balaban J connectivity index is 1.51. The van der Waals surface area contributed by atoms with Crippen LogP contribution in [0.2, 0.25) is 0 Å². The van der Waals surface area contributed by atoms with E-state index >= 15 is 0 Å². The minimum absolute atomic E-state index is 0.0463. The molecule has 0 fully saturated rings. The van der Waals surface area contributed by atoms with Gasteiger partial charge in [0.05, 0.1) is 0 Å². The minimum Gasteiger partial charge on any atom is -0.350 e. The molecule has 1 atom stereocenters. The van der Waals surface area contributed by atoms with E-state index in [1.807, 2.05) is 61.5 Å². The molecule has 0 aliphatic carbocycles. The van der Waals surface area contributed by atoms with Crippen molar-refractivity contribution in [3.8, 4) is 16.8 Å². The summed E-state index contributed by atoms with van der Waals surface area (Å²) in [7, 11) is 2.07. The average Bonchev–Trinajstić information content (AvgIpc) is 3.55. The van der Waals surface area contributed by atoms with E-state index < -0.39 is 6.04 Å². The molecule has 3 heterocycles. The van der Waals surface area contributed by atoms with E-state index in [0.29, 0.717) is 5.57 Å². The zero-order valence-electron chi connectivity index (χ0n) is 19.7. The Kier molecular flexibility index (Phi) is 5.07. The maximum Gasteiger partial charge on any atom is 0.193 e. The van der Waals surface area contributed by atoms with Crippen LogP contribution in [0.5, 0.6) is 0 Å². The zero-order chi connectivity index (χ0) is 23.9. The lowest BCUT2D eigenvalue weighted by Gasteiger charge is -2.05. The number of rotatable bonds is 4. The van der Waals surface area contributed by atoms with Gasteiger partial charge in [0, 0.05) is 70.2 Å². The highest BCUT2D eigenvalue weighted by molar-refractivity contribution is 6.30. The van der Waals surface area contributed by atoms with Crippen molar-refractivity contribution < 1.29 is 4.79 Å². The molecule has 0 radical (unpaired) electrons. The smallest absolute Gasteiger partial charge is 0.193 e. The van der Waals surface area contributed by atoms with Crippen LogP contribution in [0.4, 0.5) is 0 Å². The molecule has 1 unspecified atom stereocenters. The number of Topliss-reactive ketones (excluding diaryl/α,β-unsaturated/α-hetero) is 1. The Morgan fingerprint density at radius 3 is 2.26 bits per heavy atom. The van der Waals surface area contributed by atoms with Crippen LogP contribution in [0, 0.1) is 0 Å². The van der Waals surface area contributed by atoms with Gasteiger partial charge in [0.1, 0.15) is 6.04 Å². The summed E-state index contributed by atoms with van der Waals surface area (Å²) in [6, 6.07) is 28.0. The number of para-hydroxylation sites is 2. The van der Waals surface area contributed by atoms with Gasteiger partial charge < -0.3 is 9.13 Å². The van der Waals surface area contributed by atoms with E-state index in [2.05, 4.69) is 71.2 Å². The van der Waals surface area contributed by atoms with Crippen molar-refractivity contribution >= 4 is 28.5 Å². The number of carbonyl (C=O) groups excluding carboxylic acids is 1. The van der Waals surface area contributed by atoms with Crippen LogP contribution in [0.1, 0.15) is 24.1 Å². The van der Waals surface area contributed by atoms with Crippen molar-refractivity contribution in [2.75, 3.05) is 0 Å². The molecule has 6 rings (SSSR count). The van der Waals surface area contributed by atoms with E-state index in [1.165, 1.54) is 10.9 Å². The first-order valence-electron chi connectivity index (χ1n) is 11.8. The Labute approximate surface area is 204 Å². The van der Waals surface area contributed by atoms with E-state index in [-0.39, 0.29) is 5.78 Å². The molecule has 4 nitrogen and oxygen atoms in total. The molecule has 0 bridgehead atoms. The van der Waals surface area contributed by atoms with Gasteiger partial charge in [-0.25, -0.2) is 0 Å². The van der Waals surface area contributed by atoms with E-state index in [4.69, 9.17) is 4.99 Å². The number of aryl methyl sites for hydroxylation is 1. The predicted molar refractivity (Wildman–Crippen MR) is 143 cm³/mol. The van der Waals surface area contributed by atoms with Crippen LogP contribution in [0.3, 0.4) is 0 Å². The second-order valence-electron chi connectivity index (χ2n) is 8.99. The van der Waals surface area contributed by atoms with Crippen LogP contribution < -0.4 is 0 Å². The molecule has 0 spiro atoms. The first-order chi connectivity index (χ1) is 17.1. The summed E-state index contributed by atoms with van der Waals surface area (Å²) in [4.78, 5) is 18.2. The van der Waals surface area contributed by atoms with Crippen molar-refractivity contribution in [1.29, 1.82) is 0 Å². The predicted octanol–water partition coefficient (Wildman–Crippen LogP) is 6.80. The van der Waals surface area contributed by atoms with Crippen LogP contribution in [-0.4, -0.2) is 20.6 Å². The highest BCUT2D eigenvalue weighted by atomic mass is 16.1. The SMILES string of the molecule is CC1=NC(c2ccccc2)C(=O)C1=Cc1cn(-c2ccccc2)cc1-c1cn(C)c2ccccc12. The van der Waals surface area contributed by atoms with Gasteiger partial charge in [-0.2, -0.15) is 0 Å². The van der Waals surface area contributed by atoms with E-state index in [0.717, 1.165) is 33.7 Å². The van der Waals surface area contributed by atoms with Crippen molar-refractivity contribution in [2.24, 2.45) is 12.0 Å². The summed E-state index contributed by atoms with van der Waals surface area (Å²) in [5.74, 6) is 0.0463. The molecule has 1 aliphatic heterocycles. The topological polar surface area (TPSA) is 39.3 Å². The van der Waals surface area contributed by atoms with E-state index in [9.17, 15) is 4.79 Å². The summed E-state index contributed by atoms with van der Waals surface area (Å²) in [5, 5.41) is 1.19.